The van der Waals surface area contributed by atoms with Gasteiger partial charge in [0.1, 0.15) is 28.7 Å². The first-order chi connectivity index (χ1) is 44.1. The zero-order valence-corrected chi connectivity index (χ0v) is 54.3. The lowest BCUT2D eigenvalue weighted by Crippen LogP contribution is -2.30. The normalized spacial score (nSPS) is 14.5. The number of piperidine rings is 2. The molecule has 0 aliphatic carbocycles. The molecule has 2 aliphatic rings. The van der Waals surface area contributed by atoms with E-state index in [-0.39, 0.29) is 55.4 Å². The molecule has 10 rings (SSSR count). The fourth-order valence-corrected chi connectivity index (χ4v) is 11.9. The number of aromatic nitrogens is 3. The Balaban J connectivity index is 0.000000191. The molecular weight excluding hydrogens is 1330 g/mol. The number of sulfonamides is 2. The van der Waals surface area contributed by atoms with Crippen LogP contribution in [0.25, 0.3) is 32.7 Å². The van der Waals surface area contributed by atoms with E-state index in [1.54, 1.807) is 33.8 Å². The van der Waals surface area contributed by atoms with Crippen LogP contribution in [0.2, 0.25) is 5.02 Å². The molecule has 0 bridgehead atoms. The maximum Gasteiger partial charge on any atom is 0.433 e. The molecule has 510 valence electrons. The van der Waals surface area contributed by atoms with Crippen LogP contribution in [0.3, 0.4) is 0 Å². The van der Waals surface area contributed by atoms with Crippen LogP contribution in [-0.4, -0.2) is 93.2 Å². The van der Waals surface area contributed by atoms with Gasteiger partial charge in [0, 0.05) is 82.0 Å². The summed E-state index contributed by atoms with van der Waals surface area (Å²) in [6, 6.07) is 19.3. The van der Waals surface area contributed by atoms with Gasteiger partial charge in [-0.2, -0.15) is 39.5 Å². The topological polar surface area (TPSA) is 247 Å². The number of nitrogens with two attached hydrogens (primary N) is 1. The number of Topliss-reactive ketones (excluding diaryl/α,β-unsaturated/α-hetero) is 1. The Morgan fingerprint density at radius 2 is 0.916 bits per heavy atom. The van der Waals surface area contributed by atoms with Gasteiger partial charge in [0.15, 0.2) is 5.78 Å². The molecule has 5 heterocycles. The van der Waals surface area contributed by atoms with E-state index in [9.17, 15) is 79.5 Å². The Bertz CT molecular complexity index is 4450. The molecule has 31 heteroatoms. The van der Waals surface area contributed by atoms with Crippen LogP contribution in [0.15, 0.2) is 97.1 Å². The summed E-state index contributed by atoms with van der Waals surface area (Å²) in [5.74, 6) is -3.06. The summed E-state index contributed by atoms with van der Waals surface area (Å²) in [7, 11) is -7.00. The van der Waals surface area contributed by atoms with Gasteiger partial charge in [0.25, 0.3) is 5.91 Å². The maximum absolute atomic E-state index is 14.8. The monoisotopic (exact) mass is 1400 g/mol. The Morgan fingerprint density at radius 1 is 0.547 bits per heavy atom. The summed E-state index contributed by atoms with van der Waals surface area (Å²) >= 11 is 5.79. The van der Waals surface area contributed by atoms with Crippen LogP contribution in [0, 0.1) is 25.5 Å². The number of carboxylic acid groups (broad SMARTS) is 1. The highest BCUT2D eigenvalue weighted by Crippen LogP contribution is 2.39. The third-order valence-corrected chi connectivity index (χ3v) is 16.6. The number of amides is 1. The number of aromatic carboxylic acids is 1. The first-order valence-corrected chi connectivity index (χ1v) is 33.3. The van der Waals surface area contributed by atoms with E-state index in [0.717, 1.165) is 81.4 Å². The average Bonchev–Trinajstić information content (AvgIpc) is 0.787. The number of rotatable bonds is 12. The fraction of sp³-hybridized carbons (Fsp3) is 0.344. The van der Waals surface area contributed by atoms with Gasteiger partial charge in [-0.15, -0.1) is 0 Å². The van der Waals surface area contributed by atoms with Gasteiger partial charge in [-0.25, -0.2) is 45.4 Å². The second-order valence-corrected chi connectivity index (χ2v) is 26.7. The van der Waals surface area contributed by atoms with E-state index in [4.69, 9.17) is 22.4 Å². The highest BCUT2D eigenvalue weighted by molar-refractivity contribution is 7.92. The van der Waals surface area contributed by atoms with Crippen molar-refractivity contribution in [3.05, 3.63) is 170 Å². The molecule has 6 N–H and O–H groups in total. The molecular formula is C64H65ClF11N9O8S2. The van der Waals surface area contributed by atoms with Crippen molar-refractivity contribution < 1.29 is 84.6 Å². The number of carbonyl (C=O) groups is 3. The lowest BCUT2D eigenvalue weighted by atomic mass is 10.0. The predicted octanol–water partition coefficient (Wildman–Crippen LogP) is 15.1. The number of hydrogen-bond donors (Lipinski definition) is 5. The summed E-state index contributed by atoms with van der Waals surface area (Å²) in [5.41, 5.74) is 6.35. The number of anilines is 4. The van der Waals surface area contributed by atoms with E-state index in [1.165, 1.54) is 67.6 Å². The molecule has 0 spiro atoms. The number of halogens is 12. The molecule has 2 aliphatic heterocycles. The summed E-state index contributed by atoms with van der Waals surface area (Å²) in [6.07, 6.45) is -6.15. The minimum atomic E-state index is -4.61. The quantitative estimate of drug-likeness (QED) is 0.0564. The van der Waals surface area contributed by atoms with Crippen LogP contribution >= 0.6 is 11.6 Å². The van der Waals surface area contributed by atoms with E-state index in [0.29, 0.717) is 76.0 Å². The standard InChI is InChI=1S/C26H28F4N4O3S.C16H15F3N2O2.C12H7ClF3NO.C10H15FN2O2S/c1-15-11-18(20(27)13-22(15)33-38(3,36)37)16(2)31-25(35)17-7-8-21-19(12-17)23(34-9-5-4-6-10-34)14-24(32-21)26(28,29)30;17-16(18,19)14-9-13(21-6-2-1-3-7-21)11-8-10(15(22)23)4-5-12(11)20-14;1-6(18)7-2-3-10-8(4-7)9(13)5-11(17-10)12(14,15)16;1-6-4-8(7(2)12)9(11)5-10(6)13-16(3,14)15/h7-8,11-14,16,33H,4-6,9-10H2,1-3H3,(H,31,35);4-5,8-9H,1-3,6-7H2,(H,22,23);2-5H,1H3;4-5,7,13H,12H2,1-3H3/t16-;;;7-/m1..1/s1. The first-order valence-electron chi connectivity index (χ1n) is 29.2. The van der Waals surface area contributed by atoms with Crippen molar-refractivity contribution in [3.8, 4) is 0 Å². The van der Waals surface area contributed by atoms with Crippen molar-refractivity contribution in [2.24, 2.45) is 5.73 Å². The van der Waals surface area contributed by atoms with Crippen LogP contribution < -0.4 is 30.3 Å². The molecule has 1 amide bonds. The zero-order chi connectivity index (χ0) is 70.4. The Labute approximate surface area is 544 Å². The van der Waals surface area contributed by atoms with Crippen molar-refractivity contribution in [2.75, 3.05) is 57.9 Å². The van der Waals surface area contributed by atoms with E-state index in [2.05, 4.69) is 29.7 Å². The third-order valence-electron chi connectivity index (χ3n) is 15.1. The SMILES string of the molecule is CC(=O)c1ccc2nc(C(F)(F)F)cc(Cl)c2c1.Cc1cc([C@@H](C)N)c(F)cc1NS(C)(=O)=O.Cc1cc([C@@H](C)NC(=O)c2ccc3nc(C(F)(F)F)cc(N4CCCCC4)c3c2)c(F)cc1NS(C)(=O)=O.O=C(O)c1ccc2nc(C(F)(F)F)cc(N3CCCCC3)c2c1. The van der Waals surface area contributed by atoms with Gasteiger partial charge in [-0.1, -0.05) is 11.6 Å². The number of nitrogens with zero attached hydrogens (tertiary/aromatic N) is 5. The van der Waals surface area contributed by atoms with Gasteiger partial charge in [-0.05, 0) is 181 Å². The van der Waals surface area contributed by atoms with Gasteiger partial charge < -0.3 is 26.0 Å². The predicted molar refractivity (Wildman–Crippen MR) is 342 cm³/mol. The lowest BCUT2D eigenvalue weighted by Gasteiger charge is -2.30. The number of ketones is 1. The molecule has 5 aromatic carbocycles. The molecule has 2 fully saturated rings. The van der Waals surface area contributed by atoms with Crippen molar-refractivity contribution in [2.45, 2.75) is 104 Å². The Morgan fingerprint density at radius 3 is 1.32 bits per heavy atom. The molecule has 0 radical (unpaired) electrons. The molecule has 95 heavy (non-hydrogen) atoms. The summed E-state index contributed by atoms with van der Waals surface area (Å²) < 4.78 is 195. The van der Waals surface area contributed by atoms with Crippen LogP contribution in [0.5, 0.6) is 0 Å². The fourth-order valence-electron chi connectivity index (χ4n) is 10.4. The van der Waals surface area contributed by atoms with Crippen LogP contribution in [0.1, 0.15) is 142 Å². The van der Waals surface area contributed by atoms with Crippen LogP contribution in [0.4, 0.5) is 71.0 Å². The summed E-state index contributed by atoms with van der Waals surface area (Å²) in [4.78, 5) is 50.1. The molecule has 2 atom stereocenters. The lowest BCUT2D eigenvalue weighted by molar-refractivity contribution is -0.141. The maximum atomic E-state index is 14.8. The van der Waals surface area contributed by atoms with Gasteiger partial charge in [-0.3, -0.25) is 19.0 Å². The average molecular weight is 1400 g/mol. The molecule has 0 saturated carbocycles. The summed E-state index contributed by atoms with van der Waals surface area (Å²) in [5, 5.41) is 13.0. The first kappa shape index (κ1) is 73.9. The van der Waals surface area contributed by atoms with Crippen LogP contribution in [-0.2, 0) is 38.6 Å². The Kier molecular flexibility index (Phi) is 23.1. The van der Waals surface area contributed by atoms with Crippen molar-refractivity contribution >= 4 is 105 Å². The number of hydrogen-bond acceptors (Lipinski definition) is 13. The van der Waals surface area contributed by atoms with E-state index >= 15 is 0 Å². The molecule has 8 aromatic rings. The largest absolute Gasteiger partial charge is 0.478 e. The minimum Gasteiger partial charge on any atom is -0.478 e. The number of fused-ring (bicyclic) bond motifs is 3. The summed E-state index contributed by atoms with van der Waals surface area (Å²) in [6.45, 7) is 10.4. The highest BCUT2D eigenvalue weighted by atomic mass is 35.5. The smallest absolute Gasteiger partial charge is 0.433 e. The zero-order valence-electron chi connectivity index (χ0n) is 51.9. The third kappa shape index (κ3) is 19.6. The minimum absolute atomic E-state index is 0.0392. The second kappa shape index (κ2) is 29.7. The number of benzene rings is 5. The van der Waals surface area contributed by atoms with Crippen molar-refractivity contribution in [1.29, 1.82) is 0 Å². The van der Waals surface area contributed by atoms with Gasteiger partial charge in [0.2, 0.25) is 20.0 Å². The van der Waals surface area contributed by atoms with E-state index < -0.39 is 91.3 Å². The molecule has 17 nitrogen and oxygen atoms in total. The number of alkyl halides is 9. The highest BCUT2D eigenvalue weighted by Gasteiger charge is 2.37. The van der Waals surface area contributed by atoms with Gasteiger partial charge in [0.05, 0.1) is 57.1 Å². The number of pyridine rings is 3. The number of carboxylic acids is 1. The van der Waals surface area contributed by atoms with E-state index in [1.807, 2.05) is 9.80 Å². The molecule has 0 unspecified atom stereocenters. The molecule has 2 saturated heterocycles. The van der Waals surface area contributed by atoms with Crippen molar-refractivity contribution in [1.82, 2.24) is 20.3 Å². The molecule has 3 aromatic heterocycles. The number of aryl methyl sites for hydroxylation is 2. The number of nitrogens with one attached hydrogen (secondary N) is 3. The van der Waals surface area contributed by atoms with Gasteiger partial charge >= 0.3 is 24.5 Å². The second-order valence-electron chi connectivity index (χ2n) is 22.8. The Hall–Kier alpha value is -8.48. The van der Waals surface area contributed by atoms with Crippen molar-refractivity contribution in [3.63, 3.8) is 0 Å². The number of carbonyl (C=O) groups excluding carboxylic acids is 2.